The number of nitrogens with zero attached hydrogens (tertiary/aromatic N) is 2. The van der Waals surface area contributed by atoms with Crippen molar-refractivity contribution in [3.8, 4) is 0 Å². The molecule has 1 N–H and O–H groups in total. The molecule has 0 aromatic heterocycles. The summed E-state index contributed by atoms with van der Waals surface area (Å²) in [7, 11) is 0. The van der Waals surface area contributed by atoms with Crippen LogP contribution in [0.25, 0.3) is 4.98 Å². The molecule has 0 unspecified atom stereocenters. The average Bonchev–Trinajstić information content (AvgIpc) is 2.40. The summed E-state index contributed by atoms with van der Waals surface area (Å²) < 4.78 is 0. The molecule has 0 atom stereocenters. The molecule has 2 rings (SSSR count). The molecule has 0 spiro atoms. The second-order valence-corrected chi connectivity index (χ2v) is 3.79. The lowest BCUT2D eigenvalue weighted by atomic mass is 10.1. The van der Waals surface area contributed by atoms with Gasteiger partial charge < -0.3 is 5.32 Å². The molecular weight excluding hydrogens is 210 g/mol. The molecule has 0 aliphatic rings. The molecule has 3 heteroatoms. The van der Waals surface area contributed by atoms with Crippen molar-refractivity contribution < 1.29 is 0 Å². The van der Waals surface area contributed by atoms with Crippen LogP contribution in [0, 0.1) is 5.39 Å². The van der Waals surface area contributed by atoms with Crippen molar-refractivity contribution in [3.05, 3.63) is 59.1 Å². The van der Waals surface area contributed by atoms with Gasteiger partial charge in [-0.15, -0.1) is 0 Å². The van der Waals surface area contributed by atoms with E-state index in [-0.39, 0.29) is 0 Å². The molecule has 84 valence electrons. The summed E-state index contributed by atoms with van der Waals surface area (Å²) in [6, 6.07) is 15.7. The fourth-order valence-corrected chi connectivity index (χ4v) is 1.73. The zero-order chi connectivity index (χ0) is 12.1. The van der Waals surface area contributed by atoms with Gasteiger partial charge in [0.15, 0.2) is 4.98 Å². The van der Waals surface area contributed by atoms with Gasteiger partial charge in [-0.1, -0.05) is 25.1 Å². The van der Waals surface area contributed by atoms with Gasteiger partial charge in [0, 0.05) is 23.0 Å². The molecule has 0 saturated heterocycles. The minimum Gasteiger partial charge on any atom is -0.356 e. The van der Waals surface area contributed by atoms with E-state index in [2.05, 4.69) is 10.3 Å². The summed E-state index contributed by atoms with van der Waals surface area (Å²) in [5.41, 5.74) is 3.70. The number of diazo groups is 1. The molecule has 0 saturated carbocycles. The van der Waals surface area contributed by atoms with Gasteiger partial charge >= 0.3 is 5.69 Å². The first-order valence-corrected chi connectivity index (χ1v) is 5.63. The molecular formula is C14H14N3+. The van der Waals surface area contributed by atoms with Crippen molar-refractivity contribution in [1.29, 1.82) is 5.39 Å². The Kier molecular flexibility index (Phi) is 3.37. The van der Waals surface area contributed by atoms with Crippen LogP contribution in [-0.2, 0) is 6.42 Å². The van der Waals surface area contributed by atoms with E-state index in [1.54, 1.807) is 0 Å². The van der Waals surface area contributed by atoms with Crippen molar-refractivity contribution in [2.45, 2.75) is 13.3 Å². The van der Waals surface area contributed by atoms with Crippen LogP contribution >= 0.6 is 0 Å². The van der Waals surface area contributed by atoms with Crippen LogP contribution in [-0.4, -0.2) is 0 Å². The van der Waals surface area contributed by atoms with E-state index in [0.717, 1.165) is 23.4 Å². The van der Waals surface area contributed by atoms with Gasteiger partial charge in [0.2, 0.25) is 5.39 Å². The van der Waals surface area contributed by atoms with Crippen LogP contribution in [0.5, 0.6) is 0 Å². The number of hydrogen-bond donors (Lipinski definition) is 1. The third-order valence-electron chi connectivity index (χ3n) is 2.63. The molecule has 0 aliphatic heterocycles. The van der Waals surface area contributed by atoms with Gasteiger partial charge in [-0.05, 0) is 30.7 Å². The van der Waals surface area contributed by atoms with Crippen LogP contribution in [0.1, 0.15) is 12.5 Å². The van der Waals surface area contributed by atoms with E-state index in [0.29, 0.717) is 5.69 Å². The minimum absolute atomic E-state index is 0.631. The standard InChI is InChI=1S/C14H14N3/c1-2-11-10-13(8-9-14(11)17-15)16-12-6-4-3-5-7-12/h3-10,16H,2H2,1H3/q+1. The smallest absolute Gasteiger partial charge is 0.356 e. The van der Waals surface area contributed by atoms with Crippen molar-refractivity contribution in [3.63, 3.8) is 0 Å². The van der Waals surface area contributed by atoms with Crippen LogP contribution in [0.15, 0.2) is 48.5 Å². The second kappa shape index (κ2) is 5.13. The van der Waals surface area contributed by atoms with Crippen molar-refractivity contribution in [2.75, 3.05) is 5.32 Å². The van der Waals surface area contributed by atoms with Crippen LogP contribution in [0.2, 0.25) is 0 Å². The summed E-state index contributed by atoms with van der Waals surface area (Å²) in [5.74, 6) is 0. The maximum atomic E-state index is 8.83. The zero-order valence-electron chi connectivity index (χ0n) is 9.72. The topological polar surface area (TPSA) is 40.2 Å². The molecule has 0 aliphatic carbocycles. The predicted octanol–water partition coefficient (Wildman–Crippen LogP) is 4.48. The van der Waals surface area contributed by atoms with Gasteiger partial charge in [0.1, 0.15) is 0 Å². The lowest BCUT2D eigenvalue weighted by Crippen LogP contribution is -1.91. The first kappa shape index (κ1) is 11.2. The number of rotatable bonds is 3. The minimum atomic E-state index is 0.631. The molecule has 2 aromatic rings. The number of para-hydroxylation sites is 1. The lowest BCUT2D eigenvalue weighted by Gasteiger charge is -2.06. The van der Waals surface area contributed by atoms with E-state index in [4.69, 9.17) is 5.39 Å². The monoisotopic (exact) mass is 224 g/mol. The molecule has 3 nitrogen and oxygen atoms in total. The normalized spacial score (nSPS) is 9.65. The van der Waals surface area contributed by atoms with Gasteiger partial charge in [-0.2, -0.15) is 0 Å². The summed E-state index contributed by atoms with van der Waals surface area (Å²) >= 11 is 0. The van der Waals surface area contributed by atoms with E-state index in [1.165, 1.54) is 0 Å². The average molecular weight is 224 g/mol. The van der Waals surface area contributed by atoms with Crippen LogP contribution < -0.4 is 5.32 Å². The van der Waals surface area contributed by atoms with Crippen molar-refractivity contribution in [1.82, 2.24) is 0 Å². The summed E-state index contributed by atoms with van der Waals surface area (Å²) in [4.78, 5) is 3.26. The highest BCUT2D eigenvalue weighted by Gasteiger charge is 2.11. The fourth-order valence-electron chi connectivity index (χ4n) is 1.73. The highest BCUT2D eigenvalue weighted by Crippen LogP contribution is 2.25. The summed E-state index contributed by atoms with van der Waals surface area (Å²) in [6.45, 7) is 2.04. The number of anilines is 2. The molecule has 0 bridgehead atoms. The van der Waals surface area contributed by atoms with Gasteiger partial charge in [-0.3, -0.25) is 0 Å². The number of hydrogen-bond acceptors (Lipinski definition) is 2. The van der Waals surface area contributed by atoms with E-state index < -0.39 is 0 Å². The Hall–Kier alpha value is -2.34. The van der Waals surface area contributed by atoms with Gasteiger partial charge in [0.05, 0.1) is 0 Å². The predicted molar refractivity (Wildman–Crippen MR) is 70.3 cm³/mol. The number of benzene rings is 2. The molecule has 0 radical (unpaired) electrons. The Morgan fingerprint density at radius 3 is 2.47 bits per heavy atom. The fraction of sp³-hybridized carbons (Fsp3) is 0.143. The Balaban J connectivity index is 2.26. The lowest BCUT2D eigenvalue weighted by molar-refractivity contribution is 1.14. The molecule has 0 heterocycles. The van der Waals surface area contributed by atoms with E-state index >= 15 is 0 Å². The first-order chi connectivity index (χ1) is 8.33. The molecule has 17 heavy (non-hydrogen) atoms. The Bertz CT molecular complexity index is 541. The van der Waals surface area contributed by atoms with Crippen molar-refractivity contribution >= 4 is 17.1 Å². The number of aryl methyl sites for hydroxylation is 1. The third-order valence-corrected chi connectivity index (χ3v) is 2.63. The Morgan fingerprint density at radius 2 is 1.82 bits per heavy atom. The molecule has 2 aromatic carbocycles. The van der Waals surface area contributed by atoms with Gasteiger partial charge in [0.25, 0.3) is 0 Å². The zero-order valence-corrected chi connectivity index (χ0v) is 9.72. The first-order valence-electron chi connectivity index (χ1n) is 5.63. The van der Waals surface area contributed by atoms with Crippen molar-refractivity contribution in [2.24, 2.45) is 0 Å². The quantitative estimate of drug-likeness (QED) is 0.781. The van der Waals surface area contributed by atoms with E-state index in [1.807, 2.05) is 55.5 Å². The summed E-state index contributed by atoms with van der Waals surface area (Å²) in [5, 5.41) is 12.1. The number of nitrogens with one attached hydrogen (secondary N) is 1. The SMILES string of the molecule is CCc1cc(Nc2ccccc2)ccc1[N+]#N. The second-order valence-electron chi connectivity index (χ2n) is 3.79. The maximum Gasteiger partial charge on any atom is 0.388 e. The van der Waals surface area contributed by atoms with Crippen LogP contribution in [0.3, 0.4) is 0 Å². The summed E-state index contributed by atoms with van der Waals surface area (Å²) in [6.07, 6.45) is 0.837. The largest absolute Gasteiger partial charge is 0.388 e. The molecule has 0 fully saturated rings. The third kappa shape index (κ3) is 2.61. The Labute approximate surface area is 101 Å². The Morgan fingerprint density at radius 1 is 1.06 bits per heavy atom. The van der Waals surface area contributed by atoms with E-state index in [9.17, 15) is 0 Å². The van der Waals surface area contributed by atoms with Gasteiger partial charge in [-0.25, -0.2) is 0 Å². The highest BCUT2D eigenvalue weighted by atomic mass is 14.9. The van der Waals surface area contributed by atoms with Crippen LogP contribution in [0.4, 0.5) is 17.1 Å². The highest BCUT2D eigenvalue weighted by molar-refractivity contribution is 5.65. The molecule has 0 amide bonds. The maximum absolute atomic E-state index is 8.83.